The van der Waals surface area contributed by atoms with Crippen LogP contribution in [-0.4, -0.2) is 28.2 Å². The molecule has 0 fully saturated rings. The van der Waals surface area contributed by atoms with E-state index in [9.17, 15) is 9.59 Å². The largest absolute Gasteiger partial charge is 0.481 e. The van der Waals surface area contributed by atoms with E-state index in [1.165, 1.54) is 13.8 Å². The van der Waals surface area contributed by atoms with E-state index in [2.05, 4.69) is 0 Å². The fourth-order valence-electron chi connectivity index (χ4n) is 0.761. The zero-order chi connectivity index (χ0) is 9.89. The van der Waals surface area contributed by atoms with Crippen molar-refractivity contribution in [2.24, 2.45) is 17.6 Å². The maximum Gasteiger partial charge on any atom is 0.320 e. The highest BCUT2D eigenvalue weighted by atomic mass is 16.4. The quantitative estimate of drug-likeness (QED) is 0.547. The lowest BCUT2D eigenvalue weighted by Crippen LogP contribution is -2.41. The lowest BCUT2D eigenvalue weighted by Gasteiger charge is -2.19. The molecule has 0 aromatic carbocycles. The number of aliphatic carboxylic acids is 2. The molecule has 4 N–H and O–H groups in total. The third kappa shape index (κ3) is 2.50. The van der Waals surface area contributed by atoms with Crippen LogP contribution >= 0.6 is 0 Å². The van der Waals surface area contributed by atoms with Crippen molar-refractivity contribution in [1.82, 2.24) is 0 Å². The van der Waals surface area contributed by atoms with Crippen molar-refractivity contribution in [2.75, 3.05) is 0 Å². The van der Waals surface area contributed by atoms with Gasteiger partial charge in [-0.05, 0) is 5.92 Å². The van der Waals surface area contributed by atoms with E-state index in [0.29, 0.717) is 0 Å². The normalized spacial score (nSPS) is 17.9. The Morgan fingerprint density at radius 1 is 1.17 bits per heavy atom. The van der Waals surface area contributed by atoms with Crippen LogP contribution in [0.5, 0.6) is 0 Å². The number of carboxylic acids is 2. The predicted octanol–water partition coefficient (Wildman–Crippen LogP) is -0.245. The van der Waals surface area contributed by atoms with Gasteiger partial charge in [-0.1, -0.05) is 13.8 Å². The SMILES string of the molecule is C[C@@H]([C@H](N)C(=O)O)[C@@H](C)C(=O)O. The second-order valence-electron chi connectivity index (χ2n) is 2.85. The van der Waals surface area contributed by atoms with E-state index in [1.807, 2.05) is 0 Å². The second kappa shape index (κ2) is 4.06. The molecule has 3 atom stereocenters. The van der Waals surface area contributed by atoms with Gasteiger partial charge in [0.05, 0.1) is 5.92 Å². The van der Waals surface area contributed by atoms with Crippen LogP contribution in [0.25, 0.3) is 0 Å². The van der Waals surface area contributed by atoms with Gasteiger partial charge in [0, 0.05) is 0 Å². The first-order valence-electron chi connectivity index (χ1n) is 3.59. The summed E-state index contributed by atoms with van der Waals surface area (Å²) in [6, 6.07) is -1.11. The Morgan fingerprint density at radius 3 is 1.83 bits per heavy atom. The lowest BCUT2D eigenvalue weighted by molar-refractivity contribution is -0.145. The van der Waals surface area contributed by atoms with Crippen molar-refractivity contribution >= 4 is 11.9 Å². The minimum Gasteiger partial charge on any atom is -0.481 e. The summed E-state index contributed by atoms with van der Waals surface area (Å²) >= 11 is 0. The van der Waals surface area contributed by atoms with E-state index < -0.39 is 29.8 Å². The van der Waals surface area contributed by atoms with E-state index in [-0.39, 0.29) is 0 Å². The van der Waals surface area contributed by atoms with Gasteiger partial charge in [0.25, 0.3) is 0 Å². The third-order valence-corrected chi connectivity index (χ3v) is 2.03. The highest BCUT2D eigenvalue weighted by Crippen LogP contribution is 2.14. The Labute approximate surface area is 70.2 Å². The summed E-state index contributed by atoms with van der Waals surface area (Å²) in [5.41, 5.74) is 5.24. The van der Waals surface area contributed by atoms with Crippen LogP contribution in [0.2, 0.25) is 0 Å². The van der Waals surface area contributed by atoms with Crippen molar-refractivity contribution in [2.45, 2.75) is 19.9 Å². The molecule has 0 unspecified atom stereocenters. The summed E-state index contributed by atoms with van der Waals surface area (Å²) in [7, 11) is 0. The molecular formula is C7H13NO4. The fourth-order valence-corrected chi connectivity index (χ4v) is 0.761. The monoisotopic (exact) mass is 175 g/mol. The molecule has 0 heterocycles. The molecule has 0 saturated carbocycles. The number of nitrogens with two attached hydrogens (primary N) is 1. The molecule has 12 heavy (non-hydrogen) atoms. The number of rotatable bonds is 4. The zero-order valence-electron chi connectivity index (χ0n) is 7.02. The summed E-state index contributed by atoms with van der Waals surface area (Å²) in [5, 5.41) is 17.0. The second-order valence-corrected chi connectivity index (χ2v) is 2.85. The molecule has 0 bridgehead atoms. The Morgan fingerprint density at radius 2 is 1.58 bits per heavy atom. The topological polar surface area (TPSA) is 101 Å². The molecule has 0 saturated heterocycles. The Hall–Kier alpha value is -1.10. The van der Waals surface area contributed by atoms with Crippen LogP contribution in [-0.2, 0) is 9.59 Å². The number of hydrogen-bond acceptors (Lipinski definition) is 3. The summed E-state index contributed by atoms with van der Waals surface area (Å²) < 4.78 is 0. The molecule has 0 aliphatic carbocycles. The van der Waals surface area contributed by atoms with Gasteiger partial charge < -0.3 is 15.9 Å². The molecule has 0 spiro atoms. The summed E-state index contributed by atoms with van der Waals surface area (Å²) in [6.45, 7) is 2.95. The predicted molar refractivity (Wildman–Crippen MR) is 41.6 cm³/mol. The molecule has 0 aliphatic heterocycles. The highest BCUT2D eigenvalue weighted by molar-refractivity contribution is 5.76. The molecule has 0 aromatic heterocycles. The van der Waals surface area contributed by atoms with Crippen LogP contribution in [0.3, 0.4) is 0 Å². The first kappa shape index (κ1) is 10.9. The average molecular weight is 175 g/mol. The van der Waals surface area contributed by atoms with Gasteiger partial charge in [-0.2, -0.15) is 0 Å². The molecule has 5 nitrogen and oxygen atoms in total. The molecule has 0 rings (SSSR count). The van der Waals surface area contributed by atoms with Crippen LogP contribution in [0.15, 0.2) is 0 Å². The van der Waals surface area contributed by atoms with Crippen LogP contribution < -0.4 is 5.73 Å². The smallest absolute Gasteiger partial charge is 0.320 e. The van der Waals surface area contributed by atoms with Gasteiger partial charge >= 0.3 is 11.9 Å². The number of carbonyl (C=O) groups is 2. The standard InChI is InChI=1S/C7H13NO4/c1-3(4(2)6(9)10)5(8)7(11)12/h3-5H,8H2,1-2H3,(H,9,10)(H,11,12)/t3-,4-,5+/m1/s1. The Balaban J connectivity index is 4.28. The van der Waals surface area contributed by atoms with Crippen molar-refractivity contribution < 1.29 is 19.8 Å². The van der Waals surface area contributed by atoms with Crippen LogP contribution in [0.1, 0.15) is 13.8 Å². The van der Waals surface area contributed by atoms with E-state index in [1.54, 1.807) is 0 Å². The van der Waals surface area contributed by atoms with E-state index in [4.69, 9.17) is 15.9 Å². The van der Waals surface area contributed by atoms with Gasteiger partial charge in [0.15, 0.2) is 0 Å². The maximum atomic E-state index is 10.4. The van der Waals surface area contributed by atoms with Gasteiger partial charge in [0.2, 0.25) is 0 Å². The highest BCUT2D eigenvalue weighted by Gasteiger charge is 2.28. The molecule has 0 radical (unpaired) electrons. The van der Waals surface area contributed by atoms with E-state index >= 15 is 0 Å². The third-order valence-electron chi connectivity index (χ3n) is 2.03. The maximum absolute atomic E-state index is 10.4. The summed E-state index contributed by atoms with van der Waals surface area (Å²) in [4.78, 5) is 20.8. The minimum atomic E-state index is -1.17. The molecule has 5 heteroatoms. The van der Waals surface area contributed by atoms with Crippen molar-refractivity contribution in [1.29, 1.82) is 0 Å². The van der Waals surface area contributed by atoms with Gasteiger partial charge in [-0.3, -0.25) is 9.59 Å². The van der Waals surface area contributed by atoms with Crippen molar-refractivity contribution in [3.63, 3.8) is 0 Å². The Kier molecular flexibility index (Phi) is 3.69. The molecule has 0 aliphatic rings. The molecule has 0 aromatic rings. The number of carboxylic acid groups (broad SMARTS) is 2. The molecule has 70 valence electrons. The minimum absolute atomic E-state index is 0.569. The average Bonchev–Trinajstić information content (AvgIpc) is 2.00. The first-order valence-corrected chi connectivity index (χ1v) is 3.59. The van der Waals surface area contributed by atoms with Crippen molar-refractivity contribution in [3.8, 4) is 0 Å². The van der Waals surface area contributed by atoms with Crippen LogP contribution in [0, 0.1) is 11.8 Å². The Bertz CT molecular complexity index is 172. The summed E-state index contributed by atoms with van der Waals surface area (Å²) in [5.74, 6) is -3.51. The van der Waals surface area contributed by atoms with Crippen LogP contribution in [0.4, 0.5) is 0 Å². The molecular weight excluding hydrogens is 162 g/mol. The summed E-state index contributed by atoms with van der Waals surface area (Å²) in [6.07, 6.45) is 0. The lowest BCUT2D eigenvalue weighted by atomic mass is 9.89. The molecule has 0 amide bonds. The van der Waals surface area contributed by atoms with Gasteiger partial charge in [-0.15, -0.1) is 0 Å². The van der Waals surface area contributed by atoms with Gasteiger partial charge in [0.1, 0.15) is 6.04 Å². The van der Waals surface area contributed by atoms with E-state index in [0.717, 1.165) is 0 Å². The first-order chi connectivity index (χ1) is 5.37. The van der Waals surface area contributed by atoms with Crippen molar-refractivity contribution in [3.05, 3.63) is 0 Å². The van der Waals surface area contributed by atoms with Gasteiger partial charge in [-0.25, -0.2) is 0 Å². The number of hydrogen-bond donors (Lipinski definition) is 3. The zero-order valence-corrected chi connectivity index (χ0v) is 7.02. The fraction of sp³-hybridized carbons (Fsp3) is 0.714.